The Hall–Kier alpha value is -2.16. The molecule has 1 heterocycles. The standard InChI is InChI=1S/C14H13NO2/c1-9-8-12(16)13(10(2)15-9)14(17)11-6-4-3-5-7-11/h3-8H,1-2H3,(H,15,16). The van der Waals surface area contributed by atoms with Crippen molar-refractivity contribution < 1.29 is 4.79 Å². The molecule has 0 saturated heterocycles. The van der Waals surface area contributed by atoms with E-state index in [2.05, 4.69) is 4.98 Å². The summed E-state index contributed by atoms with van der Waals surface area (Å²) in [4.78, 5) is 27.0. The molecule has 3 nitrogen and oxygen atoms in total. The van der Waals surface area contributed by atoms with E-state index in [0.717, 1.165) is 5.69 Å². The molecule has 2 aromatic rings. The van der Waals surface area contributed by atoms with Gasteiger partial charge in [0.15, 0.2) is 11.2 Å². The van der Waals surface area contributed by atoms with E-state index in [1.165, 1.54) is 6.07 Å². The average Bonchev–Trinajstić information content (AvgIpc) is 2.28. The topological polar surface area (TPSA) is 49.9 Å². The van der Waals surface area contributed by atoms with Crippen molar-refractivity contribution >= 4 is 5.78 Å². The Morgan fingerprint density at radius 3 is 2.35 bits per heavy atom. The van der Waals surface area contributed by atoms with E-state index in [-0.39, 0.29) is 16.8 Å². The van der Waals surface area contributed by atoms with E-state index < -0.39 is 0 Å². The third-order valence-corrected chi connectivity index (χ3v) is 2.62. The second-order valence-electron chi connectivity index (χ2n) is 4.01. The number of hydrogen-bond acceptors (Lipinski definition) is 2. The van der Waals surface area contributed by atoms with Gasteiger partial charge in [-0.2, -0.15) is 0 Å². The molecule has 0 spiro atoms. The van der Waals surface area contributed by atoms with Crippen molar-refractivity contribution in [3.63, 3.8) is 0 Å². The van der Waals surface area contributed by atoms with Crippen LogP contribution in [0.15, 0.2) is 41.2 Å². The number of pyridine rings is 1. The Morgan fingerprint density at radius 2 is 1.76 bits per heavy atom. The van der Waals surface area contributed by atoms with E-state index in [9.17, 15) is 9.59 Å². The zero-order valence-electron chi connectivity index (χ0n) is 9.78. The number of nitrogens with one attached hydrogen (secondary N) is 1. The predicted octanol–water partition coefficient (Wildman–Crippen LogP) is 2.22. The third kappa shape index (κ3) is 2.18. The Kier molecular flexibility index (Phi) is 2.91. The Labute approximate surface area is 99.1 Å². The second-order valence-corrected chi connectivity index (χ2v) is 4.01. The molecule has 0 aliphatic carbocycles. The third-order valence-electron chi connectivity index (χ3n) is 2.62. The van der Waals surface area contributed by atoms with Crippen LogP contribution in [0.4, 0.5) is 0 Å². The summed E-state index contributed by atoms with van der Waals surface area (Å²) in [5.41, 5.74) is 1.90. The molecule has 0 fully saturated rings. The monoisotopic (exact) mass is 227 g/mol. The molecule has 0 radical (unpaired) electrons. The highest BCUT2D eigenvalue weighted by Gasteiger charge is 2.15. The Balaban J connectivity index is 2.56. The van der Waals surface area contributed by atoms with Crippen molar-refractivity contribution in [2.24, 2.45) is 0 Å². The van der Waals surface area contributed by atoms with E-state index in [4.69, 9.17) is 0 Å². The molecule has 1 aromatic heterocycles. The molecule has 1 N–H and O–H groups in total. The maximum atomic E-state index is 12.2. The fraction of sp³-hybridized carbons (Fsp3) is 0.143. The first-order valence-corrected chi connectivity index (χ1v) is 5.40. The van der Waals surface area contributed by atoms with Gasteiger partial charge in [0.2, 0.25) is 0 Å². The van der Waals surface area contributed by atoms with Crippen LogP contribution in [0.1, 0.15) is 27.3 Å². The molecular weight excluding hydrogens is 214 g/mol. The molecule has 2 rings (SSSR count). The minimum atomic E-state index is -0.232. The van der Waals surface area contributed by atoms with Gasteiger partial charge in [-0.05, 0) is 13.8 Å². The van der Waals surface area contributed by atoms with Crippen molar-refractivity contribution in [3.05, 3.63) is 69.1 Å². The van der Waals surface area contributed by atoms with Gasteiger partial charge in [-0.3, -0.25) is 9.59 Å². The molecule has 86 valence electrons. The molecule has 0 saturated carbocycles. The lowest BCUT2D eigenvalue weighted by atomic mass is 10.0. The Morgan fingerprint density at radius 1 is 1.12 bits per heavy atom. The summed E-state index contributed by atoms with van der Waals surface area (Å²) in [7, 11) is 0. The molecule has 0 bridgehead atoms. The van der Waals surface area contributed by atoms with Crippen LogP contribution >= 0.6 is 0 Å². The predicted molar refractivity (Wildman–Crippen MR) is 66.4 cm³/mol. The SMILES string of the molecule is Cc1cc(=O)c(C(=O)c2ccccc2)c(C)[nH]1. The van der Waals surface area contributed by atoms with Crippen molar-refractivity contribution in [1.82, 2.24) is 4.98 Å². The number of hydrogen-bond donors (Lipinski definition) is 1. The zero-order valence-corrected chi connectivity index (χ0v) is 9.78. The smallest absolute Gasteiger partial charge is 0.198 e. The number of rotatable bonds is 2. The molecule has 3 heteroatoms. The summed E-state index contributed by atoms with van der Waals surface area (Å²) in [6, 6.07) is 10.3. The molecule has 1 aromatic carbocycles. The average molecular weight is 227 g/mol. The van der Waals surface area contributed by atoms with Crippen molar-refractivity contribution in [2.45, 2.75) is 13.8 Å². The summed E-state index contributed by atoms with van der Waals surface area (Å²) >= 11 is 0. The number of aromatic amines is 1. The van der Waals surface area contributed by atoms with Crippen LogP contribution in [0.2, 0.25) is 0 Å². The minimum Gasteiger partial charge on any atom is -0.362 e. The maximum Gasteiger partial charge on any atom is 0.198 e. The van der Waals surface area contributed by atoms with Crippen LogP contribution in [0.25, 0.3) is 0 Å². The lowest BCUT2D eigenvalue weighted by Gasteiger charge is -2.05. The first-order valence-electron chi connectivity index (χ1n) is 5.40. The van der Waals surface area contributed by atoms with E-state index in [1.54, 1.807) is 38.1 Å². The highest BCUT2D eigenvalue weighted by atomic mass is 16.1. The lowest BCUT2D eigenvalue weighted by molar-refractivity contribution is 0.103. The molecule has 0 aliphatic heterocycles. The number of aryl methyl sites for hydroxylation is 2. The maximum absolute atomic E-state index is 12.2. The molecular formula is C14H13NO2. The number of H-pyrrole nitrogens is 1. The fourth-order valence-corrected chi connectivity index (χ4v) is 1.86. The van der Waals surface area contributed by atoms with Crippen LogP contribution < -0.4 is 5.43 Å². The van der Waals surface area contributed by atoms with E-state index in [0.29, 0.717) is 11.3 Å². The molecule has 17 heavy (non-hydrogen) atoms. The van der Waals surface area contributed by atoms with Crippen LogP contribution in [-0.2, 0) is 0 Å². The van der Waals surface area contributed by atoms with Gasteiger partial charge in [-0.25, -0.2) is 0 Å². The largest absolute Gasteiger partial charge is 0.362 e. The molecule has 0 amide bonds. The van der Waals surface area contributed by atoms with Gasteiger partial charge in [0.05, 0.1) is 5.56 Å². The molecule has 0 unspecified atom stereocenters. The highest BCUT2D eigenvalue weighted by molar-refractivity contribution is 6.09. The first-order chi connectivity index (χ1) is 8.09. The molecule has 0 aliphatic rings. The summed E-state index contributed by atoms with van der Waals surface area (Å²) in [5, 5.41) is 0. The first kappa shape index (κ1) is 11.3. The summed E-state index contributed by atoms with van der Waals surface area (Å²) in [6.07, 6.45) is 0. The van der Waals surface area contributed by atoms with Crippen molar-refractivity contribution in [2.75, 3.05) is 0 Å². The van der Waals surface area contributed by atoms with Gasteiger partial charge < -0.3 is 4.98 Å². The van der Waals surface area contributed by atoms with E-state index >= 15 is 0 Å². The van der Waals surface area contributed by atoms with Crippen LogP contribution in [0, 0.1) is 13.8 Å². The van der Waals surface area contributed by atoms with Gasteiger partial charge in [0, 0.05) is 23.0 Å². The van der Waals surface area contributed by atoms with Gasteiger partial charge >= 0.3 is 0 Å². The molecule has 0 atom stereocenters. The van der Waals surface area contributed by atoms with Gasteiger partial charge in [-0.15, -0.1) is 0 Å². The van der Waals surface area contributed by atoms with Gasteiger partial charge in [-0.1, -0.05) is 30.3 Å². The second kappa shape index (κ2) is 4.37. The van der Waals surface area contributed by atoms with Crippen LogP contribution in [0.5, 0.6) is 0 Å². The zero-order chi connectivity index (χ0) is 12.4. The summed E-state index contributed by atoms with van der Waals surface area (Å²) in [6.45, 7) is 3.54. The number of carbonyl (C=O) groups is 1. The number of benzene rings is 1. The van der Waals surface area contributed by atoms with Gasteiger partial charge in [0.1, 0.15) is 0 Å². The number of carbonyl (C=O) groups excluding carboxylic acids is 1. The van der Waals surface area contributed by atoms with Crippen LogP contribution in [-0.4, -0.2) is 10.8 Å². The van der Waals surface area contributed by atoms with Crippen molar-refractivity contribution in [3.8, 4) is 0 Å². The minimum absolute atomic E-state index is 0.224. The van der Waals surface area contributed by atoms with Crippen LogP contribution in [0.3, 0.4) is 0 Å². The summed E-state index contributed by atoms with van der Waals surface area (Å²) < 4.78 is 0. The highest BCUT2D eigenvalue weighted by Crippen LogP contribution is 2.09. The number of ketones is 1. The Bertz CT molecular complexity index is 612. The fourth-order valence-electron chi connectivity index (χ4n) is 1.86. The lowest BCUT2D eigenvalue weighted by Crippen LogP contribution is -2.19. The van der Waals surface area contributed by atoms with E-state index in [1.807, 2.05) is 6.07 Å². The van der Waals surface area contributed by atoms with Crippen molar-refractivity contribution in [1.29, 1.82) is 0 Å². The normalized spacial score (nSPS) is 10.2. The summed E-state index contributed by atoms with van der Waals surface area (Å²) in [5.74, 6) is -0.232. The quantitative estimate of drug-likeness (QED) is 0.800. The number of aromatic nitrogens is 1. The van der Waals surface area contributed by atoms with Gasteiger partial charge in [0.25, 0.3) is 0 Å².